The van der Waals surface area contributed by atoms with Crippen LogP contribution < -0.4 is 0 Å². The quantitative estimate of drug-likeness (QED) is 0.807. The fraction of sp³-hybridized carbons (Fsp3) is 0.417. The summed E-state index contributed by atoms with van der Waals surface area (Å²) in [4.78, 5) is 0.256. The fourth-order valence-electron chi connectivity index (χ4n) is 1.70. The highest BCUT2D eigenvalue weighted by molar-refractivity contribution is 7.85. The van der Waals surface area contributed by atoms with Crippen molar-refractivity contribution in [1.82, 2.24) is 0 Å². The molecular formula is C12H12FNOS. The van der Waals surface area contributed by atoms with Crippen molar-refractivity contribution in [3.63, 3.8) is 0 Å². The zero-order valence-electron chi connectivity index (χ0n) is 8.78. The molecule has 0 heterocycles. The van der Waals surface area contributed by atoms with Gasteiger partial charge in [0.15, 0.2) is 0 Å². The standard InChI is InChI=1S/C12H12FNOS/c13-10-3-1-2-4-11(10)16(15)9-12(5-6-12)7-8-14/h1-4H,5-7,9H2. The summed E-state index contributed by atoms with van der Waals surface area (Å²) in [5.74, 6) is -0.0183. The Hall–Kier alpha value is -1.21. The highest BCUT2D eigenvalue weighted by Gasteiger charge is 2.44. The molecule has 0 bridgehead atoms. The maximum absolute atomic E-state index is 13.4. The van der Waals surface area contributed by atoms with Crippen molar-refractivity contribution >= 4 is 10.8 Å². The molecule has 1 saturated carbocycles. The summed E-state index contributed by atoms with van der Waals surface area (Å²) in [5.41, 5.74) is -0.109. The molecule has 1 aromatic rings. The molecule has 1 unspecified atom stereocenters. The van der Waals surface area contributed by atoms with Crippen LogP contribution in [0.15, 0.2) is 29.2 Å². The minimum absolute atomic E-state index is 0.109. The largest absolute Gasteiger partial charge is 0.254 e. The van der Waals surface area contributed by atoms with Crippen molar-refractivity contribution in [2.75, 3.05) is 5.75 Å². The van der Waals surface area contributed by atoms with Gasteiger partial charge in [-0.15, -0.1) is 0 Å². The number of nitrogens with zero attached hydrogens (tertiary/aromatic N) is 1. The zero-order chi connectivity index (χ0) is 11.6. The van der Waals surface area contributed by atoms with Gasteiger partial charge >= 0.3 is 0 Å². The first-order valence-electron chi connectivity index (χ1n) is 5.17. The molecule has 0 radical (unpaired) electrons. The zero-order valence-corrected chi connectivity index (χ0v) is 9.60. The Morgan fingerprint density at radius 1 is 1.44 bits per heavy atom. The van der Waals surface area contributed by atoms with Crippen molar-refractivity contribution in [3.8, 4) is 6.07 Å². The van der Waals surface area contributed by atoms with Gasteiger partial charge in [-0.3, -0.25) is 4.21 Å². The third kappa shape index (κ3) is 2.30. The topological polar surface area (TPSA) is 40.9 Å². The van der Waals surface area contributed by atoms with E-state index in [1.54, 1.807) is 18.2 Å². The molecule has 1 fully saturated rings. The minimum atomic E-state index is -1.33. The SMILES string of the molecule is N#CCC1(CS(=O)c2ccccc2F)CC1. The van der Waals surface area contributed by atoms with Crippen LogP contribution in [0.2, 0.25) is 0 Å². The summed E-state index contributed by atoms with van der Waals surface area (Å²) in [6.07, 6.45) is 2.29. The number of halogens is 1. The third-order valence-corrected chi connectivity index (χ3v) is 4.63. The van der Waals surface area contributed by atoms with E-state index in [9.17, 15) is 8.60 Å². The third-order valence-electron chi connectivity index (χ3n) is 2.93. The van der Waals surface area contributed by atoms with Gasteiger partial charge in [-0.2, -0.15) is 5.26 Å². The van der Waals surface area contributed by atoms with Crippen molar-refractivity contribution in [3.05, 3.63) is 30.1 Å². The van der Waals surface area contributed by atoms with Crippen LogP contribution in [0.5, 0.6) is 0 Å². The molecule has 1 aliphatic carbocycles. The predicted octanol–water partition coefficient (Wildman–Crippen LogP) is 2.63. The molecule has 0 saturated heterocycles. The van der Waals surface area contributed by atoms with Crippen molar-refractivity contribution in [2.24, 2.45) is 5.41 Å². The predicted molar refractivity (Wildman–Crippen MR) is 59.6 cm³/mol. The van der Waals surface area contributed by atoms with E-state index in [2.05, 4.69) is 6.07 Å². The summed E-state index contributed by atoms with van der Waals surface area (Å²) >= 11 is 0. The van der Waals surface area contributed by atoms with Crippen LogP contribution in [0.1, 0.15) is 19.3 Å². The van der Waals surface area contributed by atoms with Crippen molar-refractivity contribution in [1.29, 1.82) is 5.26 Å². The molecule has 84 valence electrons. The number of benzene rings is 1. The maximum Gasteiger partial charge on any atom is 0.139 e. The Bertz CT molecular complexity index is 462. The van der Waals surface area contributed by atoms with Gasteiger partial charge in [0.05, 0.1) is 21.8 Å². The monoisotopic (exact) mass is 237 g/mol. The lowest BCUT2D eigenvalue weighted by Gasteiger charge is -2.10. The normalized spacial score (nSPS) is 18.8. The fourth-order valence-corrected chi connectivity index (χ4v) is 3.32. The highest BCUT2D eigenvalue weighted by atomic mass is 32.2. The first-order valence-corrected chi connectivity index (χ1v) is 6.49. The molecule has 16 heavy (non-hydrogen) atoms. The Morgan fingerprint density at radius 3 is 2.69 bits per heavy atom. The van der Waals surface area contributed by atoms with Gasteiger partial charge in [0.2, 0.25) is 0 Å². The molecular weight excluding hydrogens is 225 g/mol. The van der Waals surface area contributed by atoms with Gasteiger partial charge in [0.1, 0.15) is 5.82 Å². The Balaban J connectivity index is 2.10. The highest BCUT2D eigenvalue weighted by Crippen LogP contribution is 2.49. The molecule has 1 atom stereocenters. The molecule has 0 spiro atoms. The Labute approximate surface area is 96.5 Å². The summed E-state index contributed by atoms with van der Waals surface area (Å²) in [5, 5.41) is 8.66. The van der Waals surface area contributed by atoms with E-state index in [1.165, 1.54) is 6.07 Å². The molecule has 0 aromatic heterocycles. The Morgan fingerprint density at radius 2 is 2.12 bits per heavy atom. The van der Waals surface area contributed by atoms with Crippen LogP contribution >= 0.6 is 0 Å². The number of rotatable bonds is 4. The second-order valence-electron chi connectivity index (χ2n) is 4.26. The van der Waals surface area contributed by atoms with Crippen LogP contribution in [0.4, 0.5) is 4.39 Å². The van der Waals surface area contributed by atoms with Gasteiger partial charge in [0, 0.05) is 12.2 Å². The van der Waals surface area contributed by atoms with Crippen LogP contribution in [-0.2, 0) is 10.8 Å². The first-order chi connectivity index (χ1) is 7.67. The van der Waals surface area contributed by atoms with Gasteiger partial charge in [-0.25, -0.2) is 4.39 Å². The average molecular weight is 237 g/mol. The second kappa shape index (κ2) is 4.34. The number of hydrogen-bond donors (Lipinski definition) is 0. The summed E-state index contributed by atoms with van der Waals surface area (Å²) in [6.45, 7) is 0. The lowest BCUT2D eigenvalue weighted by atomic mass is 10.1. The second-order valence-corrected chi connectivity index (χ2v) is 5.67. The molecule has 0 aliphatic heterocycles. The van der Waals surface area contributed by atoms with Crippen LogP contribution in [-0.4, -0.2) is 9.96 Å². The minimum Gasteiger partial charge on any atom is -0.254 e. The van der Waals surface area contributed by atoms with Gasteiger partial charge in [0.25, 0.3) is 0 Å². The molecule has 0 N–H and O–H groups in total. The van der Waals surface area contributed by atoms with Gasteiger partial charge in [-0.05, 0) is 30.4 Å². The lowest BCUT2D eigenvalue weighted by molar-refractivity contribution is 0.574. The van der Waals surface area contributed by atoms with Gasteiger partial charge in [-0.1, -0.05) is 12.1 Å². The van der Waals surface area contributed by atoms with Crippen molar-refractivity contribution in [2.45, 2.75) is 24.2 Å². The summed E-state index contributed by atoms with van der Waals surface area (Å²) in [6, 6.07) is 8.24. The molecule has 2 rings (SSSR count). The lowest BCUT2D eigenvalue weighted by Crippen LogP contribution is -2.12. The molecule has 4 heteroatoms. The summed E-state index contributed by atoms with van der Waals surface area (Å²) in [7, 11) is -1.33. The van der Waals surface area contributed by atoms with Crippen LogP contribution in [0.25, 0.3) is 0 Å². The molecule has 1 aromatic carbocycles. The Kier molecular flexibility index (Phi) is 3.06. The first kappa shape index (κ1) is 11.3. The van der Waals surface area contributed by atoms with Gasteiger partial charge < -0.3 is 0 Å². The van der Waals surface area contributed by atoms with Crippen molar-refractivity contribution < 1.29 is 8.60 Å². The van der Waals surface area contributed by atoms with E-state index in [-0.39, 0.29) is 10.3 Å². The summed E-state index contributed by atoms with van der Waals surface area (Å²) < 4.78 is 25.3. The van der Waals surface area contributed by atoms with E-state index < -0.39 is 16.6 Å². The molecule has 1 aliphatic rings. The van der Waals surface area contributed by atoms with E-state index in [1.807, 2.05) is 0 Å². The number of nitriles is 1. The average Bonchev–Trinajstić information content (AvgIpc) is 2.99. The molecule has 2 nitrogen and oxygen atoms in total. The van der Waals surface area contributed by atoms with E-state index >= 15 is 0 Å². The smallest absolute Gasteiger partial charge is 0.139 e. The number of hydrogen-bond acceptors (Lipinski definition) is 2. The maximum atomic E-state index is 13.4. The van der Waals surface area contributed by atoms with E-state index in [0.717, 1.165) is 12.8 Å². The van der Waals surface area contributed by atoms with E-state index in [4.69, 9.17) is 5.26 Å². The van der Waals surface area contributed by atoms with Crippen LogP contribution in [0.3, 0.4) is 0 Å². The van der Waals surface area contributed by atoms with E-state index in [0.29, 0.717) is 12.2 Å². The molecule has 0 amide bonds. The van der Waals surface area contributed by atoms with Crippen LogP contribution in [0, 0.1) is 22.6 Å².